The molecule has 4 nitrogen and oxygen atoms in total. The Balaban J connectivity index is 1.80. The molecule has 1 heterocycles. The fraction of sp³-hybridized carbons (Fsp3) is 0.357. The van der Waals surface area contributed by atoms with Crippen molar-refractivity contribution in [2.45, 2.75) is 22.1 Å². The van der Waals surface area contributed by atoms with Crippen molar-refractivity contribution >= 4 is 40.8 Å². The Bertz CT molecular complexity index is 574. The van der Waals surface area contributed by atoms with Gasteiger partial charge in [-0.2, -0.15) is 0 Å². The number of amides is 1. The molecule has 1 aromatic heterocycles. The van der Waals surface area contributed by atoms with E-state index < -0.39 is 0 Å². The van der Waals surface area contributed by atoms with Crippen molar-refractivity contribution < 1.29 is 4.79 Å². The number of thioether (sulfide) groups is 2. The van der Waals surface area contributed by atoms with E-state index in [1.165, 1.54) is 11.8 Å². The van der Waals surface area contributed by atoms with Crippen LogP contribution in [0.2, 0.25) is 0 Å². The topological polar surface area (TPSA) is 46.1 Å². The van der Waals surface area contributed by atoms with Crippen molar-refractivity contribution in [3.63, 3.8) is 0 Å². The molecule has 112 valence electrons. The molecule has 0 saturated heterocycles. The van der Waals surface area contributed by atoms with E-state index in [1.54, 1.807) is 28.0 Å². The van der Waals surface area contributed by atoms with Gasteiger partial charge in [-0.3, -0.25) is 4.79 Å². The second kappa shape index (κ2) is 8.41. The van der Waals surface area contributed by atoms with Crippen LogP contribution in [0.3, 0.4) is 0 Å². The Morgan fingerprint density at radius 1 is 1.19 bits per heavy atom. The maximum absolute atomic E-state index is 12.1. The van der Waals surface area contributed by atoms with Crippen LogP contribution < -0.4 is 0 Å². The summed E-state index contributed by atoms with van der Waals surface area (Å²) in [6.45, 7) is 2.72. The molecule has 0 unspecified atom stereocenters. The summed E-state index contributed by atoms with van der Waals surface area (Å²) < 4.78 is 1.82. The number of hydrogen-bond donors (Lipinski definition) is 0. The maximum atomic E-state index is 12.1. The van der Waals surface area contributed by atoms with E-state index >= 15 is 0 Å². The largest absolute Gasteiger partial charge is 0.341 e. The highest BCUT2D eigenvalue weighted by Crippen LogP contribution is 2.28. The first kappa shape index (κ1) is 16.3. The summed E-state index contributed by atoms with van der Waals surface area (Å²) in [5, 5.41) is 8.17. The summed E-state index contributed by atoms with van der Waals surface area (Å²) in [5.41, 5.74) is 1.14. The third-order valence-electron chi connectivity index (χ3n) is 2.66. The monoisotopic (exact) mass is 339 g/mol. The zero-order valence-electron chi connectivity index (χ0n) is 12.0. The Morgan fingerprint density at radius 2 is 1.86 bits per heavy atom. The molecule has 0 saturated carbocycles. The fourth-order valence-corrected chi connectivity index (χ4v) is 4.47. The van der Waals surface area contributed by atoms with Crippen molar-refractivity contribution in [3.05, 3.63) is 35.9 Å². The standard InChI is InChI=1S/C14H17N3OS3/c1-3-19-13-15-16-14(21-13)20-10-12(18)17(2)9-11-7-5-4-6-8-11/h4-8H,3,9-10H2,1-2H3. The summed E-state index contributed by atoms with van der Waals surface area (Å²) in [7, 11) is 1.83. The Morgan fingerprint density at radius 3 is 2.52 bits per heavy atom. The zero-order chi connectivity index (χ0) is 15.1. The molecule has 0 fully saturated rings. The lowest BCUT2D eigenvalue weighted by Gasteiger charge is -2.16. The highest BCUT2D eigenvalue weighted by atomic mass is 32.2. The summed E-state index contributed by atoms with van der Waals surface area (Å²) in [4.78, 5) is 13.9. The normalized spacial score (nSPS) is 10.6. The second-order valence-corrected chi connectivity index (χ2v) is 8.00. The van der Waals surface area contributed by atoms with Crippen LogP contribution in [0.5, 0.6) is 0 Å². The molecule has 0 aliphatic heterocycles. The van der Waals surface area contributed by atoms with Crippen LogP contribution in [0, 0.1) is 0 Å². The van der Waals surface area contributed by atoms with Crippen molar-refractivity contribution in [1.29, 1.82) is 0 Å². The third-order valence-corrected chi connectivity index (χ3v) is 5.72. The zero-order valence-corrected chi connectivity index (χ0v) is 14.4. The van der Waals surface area contributed by atoms with Crippen LogP contribution >= 0.6 is 34.9 Å². The van der Waals surface area contributed by atoms with E-state index in [-0.39, 0.29) is 5.91 Å². The van der Waals surface area contributed by atoms with Gasteiger partial charge in [0.05, 0.1) is 5.75 Å². The lowest BCUT2D eigenvalue weighted by molar-refractivity contribution is -0.127. The van der Waals surface area contributed by atoms with Crippen LogP contribution in [-0.4, -0.2) is 39.6 Å². The van der Waals surface area contributed by atoms with Gasteiger partial charge >= 0.3 is 0 Å². The van der Waals surface area contributed by atoms with Gasteiger partial charge in [0.15, 0.2) is 8.68 Å². The van der Waals surface area contributed by atoms with E-state index in [1.807, 2.05) is 37.4 Å². The van der Waals surface area contributed by atoms with Gasteiger partial charge in [-0.15, -0.1) is 10.2 Å². The first-order valence-electron chi connectivity index (χ1n) is 6.56. The van der Waals surface area contributed by atoms with E-state index in [4.69, 9.17) is 0 Å². The summed E-state index contributed by atoms with van der Waals surface area (Å²) in [6.07, 6.45) is 0. The molecule has 0 N–H and O–H groups in total. The predicted molar refractivity (Wildman–Crippen MR) is 89.9 cm³/mol. The van der Waals surface area contributed by atoms with Crippen LogP contribution in [0.15, 0.2) is 39.0 Å². The van der Waals surface area contributed by atoms with Crippen LogP contribution in [-0.2, 0) is 11.3 Å². The van der Waals surface area contributed by atoms with Gasteiger partial charge in [0, 0.05) is 13.6 Å². The fourth-order valence-electron chi connectivity index (χ4n) is 1.62. The van der Waals surface area contributed by atoms with Gasteiger partial charge in [-0.1, -0.05) is 72.1 Å². The number of rotatable bonds is 7. The lowest BCUT2D eigenvalue weighted by atomic mass is 10.2. The molecule has 7 heteroatoms. The molecular formula is C14H17N3OS3. The second-order valence-electron chi connectivity index (χ2n) is 4.29. The number of nitrogens with zero attached hydrogens (tertiary/aromatic N) is 3. The molecule has 0 atom stereocenters. The number of carbonyl (C=O) groups is 1. The van der Waals surface area contributed by atoms with E-state index in [9.17, 15) is 4.79 Å². The molecule has 0 aliphatic carbocycles. The first-order valence-corrected chi connectivity index (χ1v) is 9.34. The summed E-state index contributed by atoms with van der Waals surface area (Å²) in [6, 6.07) is 9.99. The van der Waals surface area contributed by atoms with Crippen LogP contribution in [0.4, 0.5) is 0 Å². The van der Waals surface area contributed by atoms with Gasteiger partial charge in [-0.25, -0.2) is 0 Å². The van der Waals surface area contributed by atoms with Crippen molar-refractivity contribution in [2.75, 3.05) is 18.6 Å². The minimum atomic E-state index is 0.101. The van der Waals surface area contributed by atoms with Gasteiger partial charge in [0.25, 0.3) is 0 Å². The average Bonchev–Trinajstić information content (AvgIpc) is 2.94. The number of benzene rings is 1. The van der Waals surface area contributed by atoms with Crippen molar-refractivity contribution in [3.8, 4) is 0 Å². The first-order chi connectivity index (χ1) is 10.2. The Hall–Kier alpha value is -1.05. The van der Waals surface area contributed by atoms with Gasteiger partial charge in [-0.05, 0) is 11.3 Å². The lowest BCUT2D eigenvalue weighted by Crippen LogP contribution is -2.27. The maximum Gasteiger partial charge on any atom is 0.233 e. The highest BCUT2D eigenvalue weighted by Gasteiger charge is 2.12. The van der Waals surface area contributed by atoms with E-state index in [0.717, 1.165) is 20.0 Å². The Kier molecular flexibility index (Phi) is 6.53. The van der Waals surface area contributed by atoms with Gasteiger partial charge in [0.1, 0.15) is 0 Å². The smallest absolute Gasteiger partial charge is 0.233 e. The molecule has 0 radical (unpaired) electrons. The molecule has 0 spiro atoms. The average molecular weight is 340 g/mol. The number of aromatic nitrogens is 2. The SMILES string of the molecule is CCSc1nnc(SCC(=O)N(C)Cc2ccccc2)s1. The molecule has 0 bridgehead atoms. The third kappa shape index (κ3) is 5.33. The number of hydrogen-bond acceptors (Lipinski definition) is 6. The summed E-state index contributed by atoms with van der Waals surface area (Å²) >= 11 is 4.68. The molecule has 21 heavy (non-hydrogen) atoms. The molecule has 2 rings (SSSR count). The molecule has 0 aliphatic rings. The molecular weight excluding hydrogens is 322 g/mol. The summed E-state index contributed by atoms with van der Waals surface area (Å²) in [5.74, 6) is 1.48. The highest BCUT2D eigenvalue weighted by molar-refractivity contribution is 8.03. The van der Waals surface area contributed by atoms with E-state index in [0.29, 0.717) is 12.3 Å². The quantitative estimate of drug-likeness (QED) is 0.724. The van der Waals surface area contributed by atoms with Crippen molar-refractivity contribution in [2.24, 2.45) is 0 Å². The van der Waals surface area contributed by atoms with Gasteiger partial charge in [0.2, 0.25) is 5.91 Å². The predicted octanol–water partition coefficient (Wildman–Crippen LogP) is 3.40. The molecule has 1 aromatic carbocycles. The van der Waals surface area contributed by atoms with Crippen molar-refractivity contribution in [1.82, 2.24) is 15.1 Å². The van der Waals surface area contributed by atoms with Crippen LogP contribution in [0.25, 0.3) is 0 Å². The van der Waals surface area contributed by atoms with Gasteiger partial charge < -0.3 is 4.90 Å². The minimum absolute atomic E-state index is 0.101. The molecule has 1 amide bonds. The van der Waals surface area contributed by atoms with E-state index in [2.05, 4.69) is 17.1 Å². The minimum Gasteiger partial charge on any atom is -0.341 e. The van der Waals surface area contributed by atoms with Crippen LogP contribution in [0.1, 0.15) is 12.5 Å². The molecule has 2 aromatic rings. The number of carbonyl (C=O) groups excluding carboxylic acids is 1. The Labute approximate surface area is 137 Å².